The SMILES string of the molecule is CC(C)CC(N[C@@H](Cc1cncn1Cc1c(Cl)cccc1Cl)C(=O)O)C(=O)O.CC(C)CC(N[C@@H](Cc1cncn1Cc1cc(Cl)ccc1Cl)C(=O)O)C(=O)O.CC(C)CC(N[C@@H](Cc1cncn1Cc1cccc(C(F)(F)F)c1)C(=O)O)C(=O)O.CC(C)CC(N[C@@H](Cc1cncn1Cc1cccc(F)c1)C(=O)O)C(=O)O.CC(C)CC(N[C@@H](Cc1cncn1Cc1cccc(I)c1)C(=O)O)C(=O)O. The lowest BCUT2D eigenvalue weighted by Gasteiger charge is -2.22. The third-order valence-electron chi connectivity index (χ3n) is 21.4. The van der Waals surface area contributed by atoms with E-state index in [9.17, 15) is 117 Å². The Bertz CT molecular complexity index is 5580. The number of hydrogen-bond acceptors (Lipinski definition) is 20. The molecule has 0 saturated heterocycles. The van der Waals surface area contributed by atoms with Gasteiger partial charge in [-0.1, -0.05) is 158 Å². The molecule has 10 atom stereocenters. The minimum atomic E-state index is -4.46. The van der Waals surface area contributed by atoms with Crippen LogP contribution in [0.15, 0.2) is 172 Å². The van der Waals surface area contributed by atoms with E-state index < -0.39 is 132 Å². The standard InChI is InChI=1S/C20H24F3N3O4.2C19H23Cl2N3O4.C19H24FN3O4.C19H24IN3O4/c1-12(2)6-16(18(27)28)25-17(19(29)30)8-15-9-24-11-26(15)10-13-4-3-5-14(7-13)20(21,22)23;1-11(2)5-16(18(25)26)23-17(19(27)28)7-14-8-22-10-24(14)9-12-6-13(20)3-4-15(12)21;1-11(2)6-16(18(25)26)23-17(19(27)28)7-12-8-22-10-24(12)9-13-14(20)4-3-5-15(13)21;2*1-12(2)6-16(18(24)25)22-17(19(26)27)8-15-9-21-11-23(15)10-13-4-3-5-14(20)7-13/h3-5,7,9,11-12,16-17,25H,6,8,10H2,1-2H3,(H,27,28)(H,29,30);3-4,6,8,10-11,16-17,23H,5,7,9H2,1-2H3,(H,25,26)(H,27,28);3-5,8,10-11,16-17,23H,6-7,9H2,1-2H3,(H,25,26)(H,27,28);2*3-5,7,9,11-12,16-17,22H,6,8,10H2,1-2H3,(H,24,25)(H,26,27)/t5*16?,17-/m00000/s1. The second-order valence-electron chi connectivity index (χ2n) is 35.4. The number of nitrogens with one attached hydrogen (secondary N) is 5. The number of halogens is 9. The van der Waals surface area contributed by atoms with Crippen molar-refractivity contribution in [2.45, 2.75) is 233 Å². The molecule has 760 valence electrons. The molecule has 0 radical (unpaired) electrons. The van der Waals surface area contributed by atoms with Crippen LogP contribution in [-0.4, -0.2) is 219 Å². The molecule has 0 spiro atoms. The molecule has 0 amide bonds. The van der Waals surface area contributed by atoms with E-state index in [1.807, 2.05) is 92.0 Å². The predicted molar refractivity (Wildman–Crippen MR) is 522 cm³/mol. The van der Waals surface area contributed by atoms with Crippen LogP contribution in [-0.2, 0) is 119 Å². The number of carboxylic acid groups (broad SMARTS) is 10. The van der Waals surface area contributed by atoms with E-state index in [0.717, 1.165) is 38.1 Å². The Hall–Kier alpha value is -11.7. The van der Waals surface area contributed by atoms with Gasteiger partial charge in [-0.05, 0) is 173 Å². The number of alkyl halides is 3. The van der Waals surface area contributed by atoms with Gasteiger partial charge in [-0.15, -0.1) is 0 Å². The third kappa shape index (κ3) is 40.5. The second-order valence-corrected chi connectivity index (χ2v) is 38.3. The van der Waals surface area contributed by atoms with Crippen molar-refractivity contribution < 1.29 is 117 Å². The lowest BCUT2D eigenvalue weighted by molar-refractivity contribution is -0.144. The van der Waals surface area contributed by atoms with Crippen LogP contribution in [0.3, 0.4) is 0 Å². The Morgan fingerprint density at radius 2 is 0.593 bits per heavy atom. The van der Waals surface area contributed by atoms with Crippen LogP contribution in [0.5, 0.6) is 0 Å². The summed E-state index contributed by atoms with van der Waals surface area (Å²) in [5.41, 5.74) is 5.98. The molecule has 5 aromatic carbocycles. The van der Waals surface area contributed by atoms with Crippen LogP contribution in [0.25, 0.3) is 0 Å². The zero-order valence-electron chi connectivity index (χ0n) is 78.4. The van der Waals surface area contributed by atoms with Gasteiger partial charge < -0.3 is 73.9 Å². The first-order valence-electron chi connectivity index (χ1n) is 44.4. The fourth-order valence-electron chi connectivity index (χ4n) is 14.6. The fraction of sp³-hybridized carbons (Fsp3) is 0.427. The zero-order valence-corrected chi connectivity index (χ0v) is 83.5. The van der Waals surface area contributed by atoms with E-state index in [1.165, 1.54) is 43.0 Å². The van der Waals surface area contributed by atoms with Crippen molar-refractivity contribution >= 4 is 129 Å². The Morgan fingerprint density at radius 3 is 0.871 bits per heavy atom. The van der Waals surface area contributed by atoms with Gasteiger partial charge in [0.25, 0.3) is 0 Å². The van der Waals surface area contributed by atoms with E-state index in [0.29, 0.717) is 106 Å². The lowest BCUT2D eigenvalue weighted by Crippen LogP contribution is -2.49. The molecule has 0 aliphatic heterocycles. The van der Waals surface area contributed by atoms with E-state index in [1.54, 1.807) is 111 Å². The van der Waals surface area contributed by atoms with E-state index in [4.69, 9.17) is 46.4 Å². The number of aromatic nitrogens is 10. The van der Waals surface area contributed by atoms with Crippen LogP contribution in [0, 0.1) is 39.0 Å². The molecular formula is C96H118Cl4F4IN15O20. The summed E-state index contributed by atoms with van der Waals surface area (Å²) in [5, 5.41) is 110. The zero-order chi connectivity index (χ0) is 104. The third-order valence-corrected chi connectivity index (χ3v) is 23.4. The van der Waals surface area contributed by atoms with Crippen molar-refractivity contribution in [3.63, 3.8) is 0 Å². The average Bonchev–Trinajstić information content (AvgIpc) is 1.63. The number of aliphatic carboxylic acids is 10. The summed E-state index contributed by atoms with van der Waals surface area (Å²) in [6, 6.07) is 19.1. The number of imidazole rings is 5. The van der Waals surface area contributed by atoms with Crippen LogP contribution in [0.2, 0.25) is 20.1 Å². The first-order chi connectivity index (χ1) is 65.8. The molecule has 44 heteroatoms. The molecule has 0 fully saturated rings. The molecule has 0 aliphatic carbocycles. The summed E-state index contributed by atoms with van der Waals surface area (Å²) in [7, 11) is 0. The van der Waals surface area contributed by atoms with Gasteiger partial charge in [-0.2, -0.15) is 13.2 Å². The highest BCUT2D eigenvalue weighted by Crippen LogP contribution is 2.31. The van der Waals surface area contributed by atoms with Gasteiger partial charge in [0.15, 0.2) is 0 Å². The highest BCUT2D eigenvalue weighted by atomic mass is 127. The number of carboxylic acids is 10. The number of carbonyl (C=O) groups is 10. The molecule has 15 N–H and O–H groups in total. The summed E-state index contributed by atoms with van der Waals surface area (Å²) in [6.07, 6.45) is 12.9. The van der Waals surface area contributed by atoms with Crippen molar-refractivity contribution in [1.82, 2.24) is 74.3 Å². The highest BCUT2D eigenvalue weighted by Gasteiger charge is 2.35. The summed E-state index contributed by atoms with van der Waals surface area (Å²) in [5.74, 6) is -10.9. The quantitative estimate of drug-likeness (QED) is 0.0124. The number of benzene rings is 5. The van der Waals surface area contributed by atoms with Crippen molar-refractivity contribution in [3.05, 3.63) is 263 Å². The minimum absolute atomic E-state index is 0.0412. The summed E-state index contributed by atoms with van der Waals surface area (Å²) >= 11 is 26.9. The second kappa shape index (κ2) is 57.2. The van der Waals surface area contributed by atoms with E-state index >= 15 is 0 Å². The maximum Gasteiger partial charge on any atom is 0.416 e. The Morgan fingerprint density at radius 1 is 0.329 bits per heavy atom. The van der Waals surface area contributed by atoms with Crippen LogP contribution in [0.4, 0.5) is 17.6 Å². The summed E-state index contributed by atoms with van der Waals surface area (Å²) in [4.78, 5) is 136. The van der Waals surface area contributed by atoms with Crippen LogP contribution < -0.4 is 26.6 Å². The normalized spacial score (nSPS) is 13.6. The van der Waals surface area contributed by atoms with Gasteiger partial charge in [0, 0.05) is 140 Å². The van der Waals surface area contributed by atoms with Crippen molar-refractivity contribution in [3.8, 4) is 0 Å². The van der Waals surface area contributed by atoms with Crippen LogP contribution in [0.1, 0.15) is 163 Å². The monoisotopic (exact) mass is 2140 g/mol. The van der Waals surface area contributed by atoms with Gasteiger partial charge in [-0.3, -0.25) is 74.5 Å². The van der Waals surface area contributed by atoms with Gasteiger partial charge >= 0.3 is 65.9 Å². The highest BCUT2D eigenvalue weighted by molar-refractivity contribution is 14.1. The van der Waals surface area contributed by atoms with Gasteiger partial charge in [-0.25, -0.2) is 29.3 Å². The fourth-order valence-corrected chi connectivity index (χ4v) is 16.1. The van der Waals surface area contributed by atoms with E-state index in [-0.39, 0.29) is 80.5 Å². The molecule has 10 rings (SSSR count). The molecule has 5 unspecified atom stereocenters. The molecule has 0 bridgehead atoms. The number of rotatable bonds is 50. The largest absolute Gasteiger partial charge is 0.480 e. The maximum atomic E-state index is 13.4. The smallest absolute Gasteiger partial charge is 0.416 e. The Balaban J connectivity index is 0.000000268. The van der Waals surface area contributed by atoms with E-state index in [2.05, 4.69) is 80.2 Å². The first-order valence-corrected chi connectivity index (χ1v) is 47.0. The van der Waals surface area contributed by atoms with Gasteiger partial charge in [0.2, 0.25) is 0 Å². The van der Waals surface area contributed by atoms with Crippen molar-refractivity contribution in [2.24, 2.45) is 29.6 Å². The van der Waals surface area contributed by atoms with Gasteiger partial charge in [0.1, 0.15) is 66.2 Å². The van der Waals surface area contributed by atoms with Crippen LogP contribution >= 0.6 is 69.0 Å². The molecule has 10 aromatic rings. The lowest BCUT2D eigenvalue weighted by atomic mass is 10.0. The summed E-state index contributed by atoms with van der Waals surface area (Å²) in [6.45, 7) is 20.5. The Kier molecular flexibility index (Phi) is 47.8. The molecule has 5 heterocycles. The first kappa shape index (κ1) is 117. The Labute approximate surface area is 839 Å². The summed E-state index contributed by atoms with van der Waals surface area (Å²) < 4.78 is 61.9. The molecule has 0 saturated carbocycles. The number of hydrogen-bond donors (Lipinski definition) is 15. The van der Waals surface area contributed by atoms with Crippen molar-refractivity contribution in [1.29, 1.82) is 0 Å². The topological polar surface area (TPSA) is 522 Å². The molecule has 35 nitrogen and oxygen atoms in total. The molecule has 140 heavy (non-hydrogen) atoms. The van der Waals surface area contributed by atoms with Crippen molar-refractivity contribution in [2.75, 3.05) is 0 Å². The molecule has 0 aliphatic rings. The average molecular weight is 2150 g/mol. The molecular weight excluding hydrogens is 2030 g/mol. The maximum absolute atomic E-state index is 13.4. The minimum Gasteiger partial charge on any atom is -0.480 e. The van der Waals surface area contributed by atoms with Gasteiger partial charge in [0.05, 0.1) is 50.3 Å². The predicted octanol–water partition coefficient (Wildman–Crippen LogP) is 14.5. The molecule has 5 aromatic heterocycles. The number of nitrogens with zero attached hydrogens (tertiary/aromatic N) is 10.